The van der Waals surface area contributed by atoms with Crippen molar-refractivity contribution in [2.24, 2.45) is 5.92 Å². The fourth-order valence-electron chi connectivity index (χ4n) is 2.47. The van der Waals surface area contributed by atoms with Crippen molar-refractivity contribution in [3.05, 3.63) is 0 Å². The monoisotopic (exact) mass is 214 g/mol. The van der Waals surface area contributed by atoms with Crippen molar-refractivity contribution in [3.8, 4) is 0 Å². The first-order chi connectivity index (χ1) is 6.72. The van der Waals surface area contributed by atoms with Crippen molar-refractivity contribution in [1.82, 2.24) is 10.6 Å². The fourth-order valence-corrected chi connectivity index (χ4v) is 3.68. The van der Waals surface area contributed by atoms with Crippen molar-refractivity contribution in [2.45, 2.75) is 38.3 Å². The molecule has 2 fully saturated rings. The van der Waals surface area contributed by atoms with Gasteiger partial charge in [-0.2, -0.15) is 11.8 Å². The number of rotatable bonds is 1. The Kier molecular flexibility index (Phi) is 3.40. The lowest BCUT2D eigenvalue weighted by molar-refractivity contribution is 0.198. The maximum Gasteiger partial charge on any atom is 0.0400 e. The molecule has 2 aliphatic heterocycles. The molecule has 2 aliphatic rings. The molecular formula is C11H22N2S. The first kappa shape index (κ1) is 10.8. The zero-order chi connectivity index (χ0) is 10.0. The molecule has 0 aromatic rings. The number of nitrogens with one attached hydrogen (secondary N) is 2. The van der Waals surface area contributed by atoms with Crippen LogP contribution in [-0.4, -0.2) is 36.2 Å². The Labute approximate surface area is 91.6 Å². The van der Waals surface area contributed by atoms with Crippen LogP contribution in [0.15, 0.2) is 0 Å². The lowest BCUT2D eigenvalue weighted by Gasteiger charge is -2.46. The molecule has 0 saturated carbocycles. The molecule has 0 bridgehead atoms. The van der Waals surface area contributed by atoms with Crippen molar-refractivity contribution in [2.75, 3.05) is 24.6 Å². The fraction of sp³-hybridized carbons (Fsp3) is 1.00. The third kappa shape index (κ3) is 2.26. The lowest BCUT2D eigenvalue weighted by atomic mass is 9.89. The molecule has 0 aliphatic carbocycles. The van der Waals surface area contributed by atoms with Crippen LogP contribution in [0.4, 0.5) is 0 Å². The summed E-state index contributed by atoms with van der Waals surface area (Å²) in [7, 11) is 0. The van der Waals surface area contributed by atoms with Crippen molar-refractivity contribution in [1.29, 1.82) is 0 Å². The zero-order valence-electron chi connectivity index (χ0n) is 9.31. The summed E-state index contributed by atoms with van der Waals surface area (Å²) in [5.74, 6) is 3.39. The summed E-state index contributed by atoms with van der Waals surface area (Å²) >= 11 is 2.11. The summed E-state index contributed by atoms with van der Waals surface area (Å²) in [6, 6.07) is 0.669. The van der Waals surface area contributed by atoms with Crippen LogP contribution in [0.1, 0.15) is 26.7 Å². The molecule has 2 saturated heterocycles. The number of hydrogen-bond acceptors (Lipinski definition) is 3. The van der Waals surface area contributed by atoms with Crippen molar-refractivity contribution in [3.63, 3.8) is 0 Å². The van der Waals surface area contributed by atoms with Gasteiger partial charge in [0.15, 0.2) is 0 Å². The molecule has 2 nitrogen and oxygen atoms in total. The highest BCUT2D eigenvalue weighted by Gasteiger charge is 2.37. The van der Waals surface area contributed by atoms with Crippen LogP contribution in [0.3, 0.4) is 0 Å². The highest BCUT2D eigenvalue weighted by molar-refractivity contribution is 7.99. The third-order valence-electron chi connectivity index (χ3n) is 3.45. The van der Waals surface area contributed by atoms with Gasteiger partial charge in [0, 0.05) is 30.4 Å². The second-order valence-electron chi connectivity index (χ2n) is 5.06. The molecule has 82 valence electrons. The van der Waals surface area contributed by atoms with Gasteiger partial charge in [-0.15, -0.1) is 0 Å². The predicted molar refractivity (Wildman–Crippen MR) is 63.9 cm³/mol. The van der Waals surface area contributed by atoms with Crippen LogP contribution >= 0.6 is 11.8 Å². The zero-order valence-corrected chi connectivity index (χ0v) is 10.1. The van der Waals surface area contributed by atoms with Gasteiger partial charge in [0.1, 0.15) is 0 Å². The molecule has 0 aromatic carbocycles. The first-order valence-electron chi connectivity index (χ1n) is 5.78. The van der Waals surface area contributed by atoms with Gasteiger partial charge < -0.3 is 10.6 Å². The van der Waals surface area contributed by atoms with Crippen LogP contribution in [0.5, 0.6) is 0 Å². The quantitative estimate of drug-likeness (QED) is 0.691. The van der Waals surface area contributed by atoms with Crippen LogP contribution in [0.25, 0.3) is 0 Å². The van der Waals surface area contributed by atoms with Gasteiger partial charge in [-0.3, -0.25) is 0 Å². The normalized spacial score (nSPS) is 39.2. The van der Waals surface area contributed by atoms with E-state index in [1.807, 2.05) is 0 Å². The van der Waals surface area contributed by atoms with E-state index in [9.17, 15) is 0 Å². The second kappa shape index (κ2) is 4.42. The van der Waals surface area contributed by atoms with Gasteiger partial charge in [-0.25, -0.2) is 0 Å². The summed E-state index contributed by atoms with van der Waals surface area (Å²) < 4.78 is 0. The van der Waals surface area contributed by atoms with Gasteiger partial charge in [0.25, 0.3) is 0 Å². The summed E-state index contributed by atoms with van der Waals surface area (Å²) in [4.78, 5) is 0. The largest absolute Gasteiger partial charge is 0.313 e. The molecule has 1 spiro atoms. The molecule has 2 rings (SSSR count). The van der Waals surface area contributed by atoms with E-state index in [0.717, 1.165) is 12.5 Å². The van der Waals surface area contributed by atoms with E-state index in [2.05, 4.69) is 36.2 Å². The smallest absolute Gasteiger partial charge is 0.0400 e. The van der Waals surface area contributed by atoms with Crippen LogP contribution in [-0.2, 0) is 0 Å². The summed E-state index contributed by atoms with van der Waals surface area (Å²) in [5.41, 5.74) is 0.413. The number of hydrogen-bond donors (Lipinski definition) is 2. The van der Waals surface area contributed by atoms with Crippen LogP contribution in [0, 0.1) is 5.92 Å². The van der Waals surface area contributed by atoms with E-state index in [1.54, 1.807) is 0 Å². The molecule has 3 heteroatoms. The highest BCUT2D eigenvalue weighted by Crippen LogP contribution is 2.28. The molecule has 0 radical (unpaired) electrons. The van der Waals surface area contributed by atoms with Gasteiger partial charge >= 0.3 is 0 Å². The molecule has 14 heavy (non-hydrogen) atoms. The number of piperazine rings is 1. The van der Waals surface area contributed by atoms with Gasteiger partial charge in [-0.1, -0.05) is 13.8 Å². The average Bonchev–Trinajstić information content (AvgIpc) is 2.19. The van der Waals surface area contributed by atoms with E-state index in [4.69, 9.17) is 0 Å². The molecule has 0 aromatic heterocycles. The minimum atomic E-state index is 0.413. The summed E-state index contributed by atoms with van der Waals surface area (Å²) in [6.07, 6.45) is 2.74. The van der Waals surface area contributed by atoms with Crippen LogP contribution in [0.2, 0.25) is 0 Å². The maximum atomic E-state index is 3.88. The van der Waals surface area contributed by atoms with E-state index < -0.39 is 0 Å². The first-order valence-corrected chi connectivity index (χ1v) is 6.93. The molecular weight excluding hydrogens is 192 g/mol. The Morgan fingerprint density at radius 2 is 2.29 bits per heavy atom. The van der Waals surface area contributed by atoms with E-state index in [0.29, 0.717) is 11.6 Å². The molecule has 2 atom stereocenters. The molecule has 2 heterocycles. The Hall–Kier alpha value is 0.270. The molecule has 1 unspecified atom stereocenters. The summed E-state index contributed by atoms with van der Waals surface area (Å²) in [5, 5.41) is 7.49. The van der Waals surface area contributed by atoms with E-state index in [1.165, 1.54) is 30.9 Å². The third-order valence-corrected chi connectivity index (χ3v) is 4.78. The van der Waals surface area contributed by atoms with E-state index >= 15 is 0 Å². The minimum absolute atomic E-state index is 0.413. The van der Waals surface area contributed by atoms with Gasteiger partial charge in [-0.05, 0) is 24.5 Å². The SMILES string of the molecule is CC(C)[C@H]1CNCC2(CCCSC2)N1. The maximum absolute atomic E-state index is 3.88. The Morgan fingerprint density at radius 3 is 2.93 bits per heavy atom. The second-order valence-corrected chi connectivity index (χ2v) is 6.17. The Morgan fingerprint density at radius 1 is 1.43 bits per heavy atom. The topological polar surface area (TPSA) is 24.1 Å². The Balaban J connectivity index is 1.97. The molecule has 2 N–H and O–H groups in total. The predicted octanol–water partition coefficient (Wildman–Crippen LogP) is 1.47. The van der Waals surface area contributed by atoms with Crippen LogP contribution < -0.4 is 10.6 Å². The minimum Gasteiger partial charge on any atom is -0.313 e. The highest BCUT2D eigenvalue weighted by atomic mass is 32.2. The molecule has 0 amide bonds. The van der Waals surface area contributed by atoms with Crippen molar-refractivity contribution < 1.29 is 0 Å². The average molecular weight is 214 g/mol. The standard InChI is InChI=1S/C11H22N2S/c1-9(2)10-6-12-7-11(13-10)4-3-5-14-8-11/h9-10,12-13H,3-8H2,1-2H3/t10-,11?/m1/s1. The lowest BCUT2D eigenvalue weighted by Crippen LogP contribution is -2.66. The summed E-state index contributed by atoms with van der Waals surface area (Å²) in [6.45, 7) is 6.94. The van der Waals surface area contributed by atoms with Gasteiger partial charge in [0.05, 0.1) is 0 Å². The van der Waals surface area contributed by atoms with Gasteiger partial charge in [0.2, 0.25) is 0 Å². The number of thioether (sulfide) groups is 1. The van der Waals surface area contributed by atoms with Crippen molar-refractivity contribution >= 4 is 11.8 Å². The Bertz CT molecular complexity index is 182. The van der Waals surface area contributed by atoms with E-state index in [-0.39, 0.29) is 0 Å².